The Hall–Kier alpha value is -1.19. The highest BCUT2D eigenvalue weighted by Gasteiger charge is 2.63. The Morgan fingerprint density at radius 3 is 2.67 bits per heavy atom. The number of unbranched alkanes of at least 4 members (excludes halogenated alkanes) is 1. The van der Waals surface area contributed by atoms with Gasteiger partial charge in [-0.05, 0) is 31.1 Å². The Bertz CT molecular complexity index is 414. The van der Waals surface area contributed by atoms with Gasteiger partial charge in [0.25, 0.3) is 0 Å². The SMILES string of the molecule is CCCCC(=O)C1C[C@@H]2C[C@H]1[C@H]1C(=O)OC(=O)[C@@H]21. The molecule has 1 heterocycles. The molecule has 1 saturated heterocycles. The summed E-state index contributed by atoms with van der Waals surface area (Å²) in [7, 11) is 0. The normalized spacial score (nSPS) is 41.1. The van der Waals surface area contributed by atoms with Crippen LogP contribution in [0.3, 0.4) is 0 Å². The predicted molar refractivity (Wildman–Crippen MR) is 62.3 cm³/mol. The molecule has 0 radical (unpaired) electrons. The molecule has 2 aliphatic carbocycles. The molecule has 0 spiro atoms. The Balaban J connectivity index is 1.75. The maximum Gasteiger partial charge on any atom is 0.317 e. The van der Waals surface area contributed by atoms with Gasteiger partial charge < -0.3 is 4.74 Å². The van der Waals surface area contributed by atoms with Crippen LogP contribution in [-0.4, -0.2) is 17.7 Å². The number of ketones is 1. The highest BCUT2D eigenvalue weighted by molar-refractivity contribution is 5.98. The van der Waals surface area contributed by atoms with Crippen LogP contribution in [0.25, 0.3) is 0 Å². The molecule has 2 bridgehead atoms. The number of ether oxygens (including phenoxy) is 1. The largest absolute Gasteiger partial charge is 0.393 e. The molecule has 98 valence electrons. The molecular formula is C14H18O4. The van der Waals surface area contributed by atoms with E-state index < -0.39 is 0 Å². The van der Waals surface area contributed by atoms with E-state index in [2.05, 4.69) is 6.92 Å². The van der Waals surface area contributed by atoms with Crippen LogP contribution in [0.15, 0.2) is 0 Å². The molecule has 3 rings (SSSR count). The third-order valence-electron chi connectivity index (χ3n) is 4.94. The molecule has 0 N–H and O–H groups in total. The van der Waals surface area contributed by atoms with Crippen LogP contribution in [0.2, 0.25) is 0 Å². The third kappa shape index (κ3) is 1.54. The second-order valence-corrected chi connectivity index (χ2v) is 5.86. The highest BCUT2D eigenvalue weighted by Crippen LogP contribution is 2.58. The van der Waals surface area contributed by atoms with Gasteiger partial charge >= 0.3 is 11.9 Å². The molecule has 0 aromatic rings. The van der Waals surface area contributed by atoms with Crippen molar-refractivity contribution in [2.24, 2.45) is 29.6 Å². The number of hydrogen-bond acceptors (Lipinski definition) is 4. The lowest BCUT2D eigenvalue weighted by atomic mass is 9.73. The van der Waals surface area contributed by atoms with Crippen molar-refractivity contribution in [1.82, 2.24) is 0 Å². The van der Waals surface area contributed by atoms with Crippen LogP contribution in [0, 0.1) is 29.6 Å². The molecule has 4 nitrogen and oxygen atoms in total. The summed E-state index contributed by atoms with van der Waals surface area (Å²) in [6.45, 7) is 2.07. The first kappa shape index (κ1) is 11.9. The van der Waals surface area contributed by atoms with Crippen LogP contribution >= 0.6 is 0 Å². The van der Waals surface area contributed by atoms with Gasteiger partial charge in [0.15, 0.2) is 0 Å². The van der Waals surface area contributed by atoms with Gasteiger partial charge in [0.1, 0.15) is 5.78 Å². The minimum absolute atomic E-state index is 0.00116. The summed E-state index contributed by atoms with van der Waals surface area (Å²) in [4.78, 5) is 35.4. The summed E-state index contributed by atoms with van der Waals surface area (Å²) >= 11 is 0. The van der Waals surface area contributed by atoms with Crippen molar-refractivity contribution in [3.63, 3.8) is 0 Å². The first-order valence-corrected chi connectivity index (χ1v) is 6.91. The second kappa shape index (κ2) is 4.18. The third-order valence-corrected chi connectivity index (χ3v) is 4.94. The van der Waals surface area contributed by atoms with E-state index in [0.717, 1.165) is 25.7 Å². The monoisotopic (exact) mass is 250 g/mol. The van der Waals surface area contributed by atoms with Gasteiger partial charge in [-0.2, -0.15) is 0 Å². The summed E-state index contributed by atoms with van der Waals surface area (Å²) in [6.07, 6.45) is 4.20. The van der Waals surface area contributed by atoms with Crippen LogP contribution in [0.1, 0.15) is 39.0 Å². The predicted octanol–water partition coefficient (Wildman–Crippen LogP) is 1.72. The molecule has 5 atom stereocenters. The van der Waals surface area contributed by atoms with Crippen molar-refractivity contribution in [2.75, 3.05) is 0 Å². The molecule has 1 unspecified atom stereocenters. The summed E-state index contributed by atoms with van der Waals surface area (Å²) in [5, 5.41) is 0. The maximum atomic E-state index is 12.1. The van der Waals surface area contributed by atoms with Gasteiger partial charge in [-0.25, -0.2) is 0 Å². The number of hydrogen-bond donors (Lipinski definition) is 0. The molecule has 1 aliphatic heterocycles. The molecule has 3 fully saturated rings. The molecule has 0 aromatic carbocycles. The maximum absolute atomic E-state index is 12.1. The van der Waals surface area contributed by atoms with Crippen molar-refractivity contribution >= 4 is 17.7 Å². The molecule has 2 saturated carbocycles. The number of esters is 2. The van der Waals surface area contributed by atoms with E-state index in [1.54, 1.807) is 0 Å². The summed E-state index contributed by atoms with van der Waals surface area (Å²) in [5.74, 6) is -0.721. The van der Waals surface area contributed by atoms with E-state index in [4.69, 9.17) is 4.74 Å². The summed E-state index contributed by atoms with van der Waals surface area (Å²) in [6, 6.07) is 0. The van der Waals surface area contributed by atoms with Crippen molar-refractivity contribution in [1.29, 1.82) is 0 Å². The lowest BCUT2D eigenvalue weighted by molar-refractivity contribution is -0.154. The van der Waals surface area contributed by atoms with E-state index >= 15 is 0 Å². The van der Waals surface area contributed by atoms with Crippen LogP contribution in [0.4, 0.5) is 0 Å². The Labute approximate surface area is 106 Å². The van der Waals surface area contributed by atoms with E-state index in [1.807, 2.05) is 0 Å². The van der Waals surface area contributed by atoms with Gasteiger partial charge in [-0.15, -0.1) is 0 Å². The van der Waals surface area contributed by atoms with Crippen molar-refractivity contribution in [3.05, 3.63) is 0 Å². The fraction of sp³-hybridized carbons (Fsp3) is 0.786. The van der Waals surface area contributed by atoms with Crippen LogP contribution in [-0.2, 0) is 19.1 Å². The topological polar surface area (TPSA) is 60.4 Å². The number of carbonyl (C=O) groups is 3. The van der Waals surface area contributed by atoms with Crippen molar-refractivity contribution in [2.45, 2.75) is 39.0 Å². The molecule has 3 aliphatic rings. The molecule has 18 heavy (non-hydrogen) atoms. The zero-order valence-corrected chi connectivity index (χ0v) is 10.6. The molecule has 0 amide bonds. The average molecular weight is 250 g/mol. The molecule has 4 heteroatoms. The van der Waals surface area contributed by atoms with E-state index in [0.29, 0.717) is 6.42 Å². The zero-order valence-electron chi connectivity index (χ0n) is 10.6. The quantitative estimate of drug-likeness (QED) is 0.563. The first-order valence-electron chi connectivity index (χ1n) is 6.91. The Morgan fingerprint density at radius 1 is 1.22 bits per heavy atom. The van der Waals surface area contributed by atoms with Crippen molar-refractivity contribution in [3.8, 4) is 0 Å². The minimum Gasteiger partial charge on any atom is -0.393 e. The first-order chi connectivity index (χ1) is 8.63. The number of rotatable bonds is 4. The number of fused-ring (bicyclic) bond motifs is 5. The standard InChI is InChI=1S/C14H18O4/c1-2-3-4-10(15)8-5-7-6-9(8)12-11(7)13(16)18-14(12)17/h7-9,11-12H,2-6H2,1H3/t7-,8?,9-,11+,12-/m1/s1. The Morgan fingerprint density at radius 2 is 1.94 bits per heavy atom. The lowest BCUT2D eigenvalue weighted by Crippen LogP contribution is -2.33. The number of carbonyl (C=O) groups excluding carboxylic acids is 3. The van der Waals surface area contributed by atoms with Gasteiger partial charge in [-0.3, -0.25) is 14.4 Å². The fourth-order valence-electron chi connectivity index (χ4n) is 4.16. The number of Topliss-reactive ketones (excluding diaryl/α,β-unsaturated/α-hetero) is 1. The van der Waals surface area contributed by atoms with Gasteiger partial charge in [0.05, 0.1) is 11.8 Å². The number of cyclic esters (lactones) is 2. The molecule has 0 aromatic heterocycles. The van der Waals surface area contributed by atoms with Gasteiger partial charge in [0, 0.05) is 12.3 Å². The fourth-order valence-corrected chi connectivity index (χ4v) is 4.16. The lowest BCUT2D eigenvalue weighted by Gasteiger charge is -2.26. The minimum atomic E-state index is -0.384. The van der Waals surface area contributed by atoms with E-state index in [9.17, 15) is 14.4 Å². The summed E-state index contributed by atoms with van der Waals surface area (Å²) < 4.78 is 4.73. The van der Waals surface area contributed by atoms with Gasteiger partial charge in [-0.1, -0.05) is 13.3 Å². The van der Waals surface area contributed by atoms with Crippen LogP contribution < -0.4 is 0 Å². The van der Waals surface area contributed by atoms with Crippen LogP contribution in [0.5, 0.6) is 0 Å². The van der Waals surface area contributed by atoms with E-state index in [1.165, 1.54) is 0 Å². The average Bonchev–Trinajstić information content (AvgIpc) is 2.99. The smallest absolute Gasteiger partial charge is 0.317 e. The summed E-state index contributed by atoms with van der Waals surface area (Å²) in [5.41, 5.74) is 0. The van der Waals surface area contributed by atoms with E-state index in [-0.39, 0.29) is 47.3 Å². The van der Waals surface area contributed by atoms with Gasteiger partial charge in [0.2, 0.25) is 0 Å². The molecular weight excluding hydrogens is 232 g/mol. The van der Waals surface area contributed by atoms with Crippen molar-refractivity contribution < 1.29 is 19.1 Å². The Kier molecular flexibility index (Phi) is 2.76. The second-order valence-electron chi connectivity index (χ2n) is 5.86. The zero-order chi connectivity index (χ0) is 12.9. The highest BCUT2D eigenvalue weighted by atomic mass is 16.6.